The molecule has 7 heteroatoms. The highest BCUT2D eigenvalue weighted by Gasteiger charge is 2.32. The first kappa shape index (κ1) is 19.8. The molecule has 0 saturated carbocycles. The topological polar surface area (TPSA) is 101 Å². The predicted octanol–water partition coefficient (Wildman–Crippen LogP) is 3.73. The molecule has 1 amide bonds. The van der Waals surface area contributed by atoms with Crippen LogP contribution in [0.4, 0.5) is 0 Å². The third-order valence-corrected chi connectivity index (χ3v) is 6.80. The Labute approximate surface area is 178 Å². The third-order valence-electron chi connectivity index (χ3n) is 6.80. The molecule has 2 aromatic heterocycles. The molecule has 1 atom stereocenters. The molecule has 0 radical (unpaired) electrons. The molecule has 5 rings (SSSR count). The zero-order valence-electron chi connectivity index (χ0n) is 17.5. The van der Waals surface area contributed by atoms with E-state index in [4.69, 9.17) is 8.83 Å². The predicted molar refractivity (Wildman–Crippen MR) is 114 cm³/mol. The first-order valence-corrected chi connectivity index (χ1v) is 11.0. The molecule has 1 saturated heterocycles. The fourth-order valence-electron chi connectivity index (χ4n) is 5.09. The average Bonchev–Trinajstić information content (AvgIpc) is 3.12. The highest BCUT2D eigenvalue weighted by Crippen LogP contribution is 2.35. The summed E-state index contributed by atoms with van der Waals surface area (Å²) < 4.78 is 11.6. The van der Waals surface area contributed by atoms with Crippen molar-refractivity contribution in [3.8, 4) is 0 Å². The number of hydrogen-bond acceptors (Lipinski definition) is 5. The molecule has 3 aromatic rings. The van der Waals surface area contributed by atoms with Crippen LogP contribution in [0.25, 0.3) is 21.9 Å². The Hall–Kier alpha value is -3.09. The van der Waals surface area contributed by atoms with Gasteiger partial charge in [-0.2, -0.15) is 0 Å². The van der Waals surface area contributed by atoms with E-state index < -0.39 is 17.6 Å². The number of carboxylic acid groups (broad SMARTS) is 1. The molecule has 1 aromatic carbocycles. The van der Waals surface area contributed by atoms with E-state index in [0.717, 1.165) is 60.6 Å². The second-order valence-electron chi connectivity index (χ2n) is 8.66. The van der Waals surface area contributed by atoms with Gasteiger partial charge in [0.2, 0.25) is 5.91 Å². The maximum Gasteiger partial charge on any atom is 0.340 e. The number of likely N-dealkylation sites (tertiary alicyclic amines) is 1. The molecular weight excluding hydrogens is 398 g/mol. The average molecular weight is 423 g/mol. The van der Waals surface area contributed by atoms with Crippen molar-refractivity contribution in [2.24, 2.45) is 0 Å². The fraction of sp³-hybridized carbons (Fsp3) is 0.458. The van der Waals surface area contributed by atoms with Crippen LogP contribution in [0.5, 0.6) is 0 Å². The maximum atomic E-state index is 13.0. The van der Waals surface area contributed by atoms with Gasteiger partial charge in [-0.05, 0) is 57.1 Å². The number of hydrogen-bond donors (Lipinski definition) is 1. The van der Waals surface area contributed by atoms with Crippen molar-refractivity contribution in [2.75, 3.05) is 6.54 Å². The van der Waals surface area contributed by atoms with Gasteiger partial charge in [-0.1, -0.05) is 0 Å². The first-order valence-electron chi connectivity index (χ1n) is 11.0. The smallest absolute Gasteiger partial charge is 0.340 e. The van der Waals surface area contributed by atoms with Crippen LogP contribution in [0.2, 0.25) is 0 Å². The lowest BCUT2D eigenvalue weighted by Crippen LogP contribution is -2.48. The summed E-state index contributed by atoms with van der Waals surface area (Å²) in [5, 5.41) is 11.3. The van der Waals surface area contributed by atoms with E-state index in [1.807, 2.05) is 13.0 Å². The second kappa shape index (κ2) is 7.55. The number of piperidine rings is 1. The van der Waals surface area contributed by atoms with Crippen LogP contribution in [0.1, 0.15) is 54.6 Å². The van der Waals surface area contributed by atoms with Gasteiger partial charge in [0.25, 0.3) is 0 Å². The Morgan fingerprint density at radius 1 is 1.06 bits per heavy atom. The lowest BCUT2D eigenvalue weighted by atomic mass is 9.94. The van der Waals surface area contributed by atoms with Crippen molar-refractivity contribution in [3.63, 3.8) is 0 Å². The van der Waals surface area contributed by atoms with Crippen molar-refractivity contribution in [1.29, 1.82) is 0 Å². The van der Waals surface area contributed by atoms with Crippen molar-refractivity contribution >= 4 is 33.8 Å². The Kier molecular flexibility index (Phi) is 4.84. The molecular formula is C24H25NO6. The standard InChI is InChI=1S/C24H25NO6/c1-13-15-10-17-14-6-2-3-8-19(14)30-21(17)12-20(15)31-24(29)16(13)11-22(26)25-9-5-4-7-18(25)23(27)28/h10,12,18H,2-9,11H2,1H3,(H,27,28). The zero-order chi connectivity index (χ0) is 21.7. The highest BCUT2D eigenvalue weighted by atomic mass is 16.4. The van der Waals surface area contributed by atoms with Crippen LogP contribution in [0, 0.1) is 6.92 Å². The van der Waals surface area contributed by atoms with Crippen LogP contribution in [-0.2, 0) is 28.9 Å². The van der Waals surface area contributed by atoms with Gasteiger partial charge >= 0.3 is 11.6 Å². The summed E-state index contributed by atoms with van der Waals surface area (Å²) >= 11 is 0. The largest absolute Gasteiger partial charge is 0.480 e. The number of amides is 1. The van der Waals surface area contributed by atoms with E-state index in [1.54, 1.807) is 6.07 Å². The summed E-state index contributed by atoms with van der Waals surface area (Å²) in [6.45, 7) is 2.22. The molecule has 7 nitrogen and oxygen atoms in total. The third kappa shape index (κ3) is 3.32. The van der Waals surface area contributed by atoms with Crippen molar-refractivity contribution in [2.45, 2.75) is 64.3 Å². The molecule has 1 aliphatic heterocycles. The SMILES string of the molecule is Cc1c(CC(=O)N2CCCCC2C(=O)O)c(=O)oc2cc3oc4c(c3cc12)CCCC4. The number of carbonyl (C=O) groups is 2. The normalized spacial score (nSPS) is 19.0. The number of rotatable bonds is 3. The fourth-order valence-corrected chi connectivity index (χ4v) is 5.09. The van der Waals surface area contributed by atoms with Crippen molar-refractivity contribution in [3.05, 3.63) is 45.0 Å². The summed E-state index contributed by atoms with van der Waals surface area (Å²) in [6.07, 6.45) is 5.96. The van der Waals surface area contributed by atoms with Gasteiger partial charge in [-0.3, -0.25) is 4.79 Å². The van der Waals surface area contributed by atoms with E-state index in [1.165, 1.54) is 10.5 Å². The van der Waals surface area contributed by atoms with Gasteiger partial charge in [-0.15, -0.1) is 0 Å². The van der Waals surface area contributed by atoms with Crippen LogP contribution in [0.3, 0.4) is 0 Å². The van der Waals surface area contributed by atoms with E-state index in [2.05, 4.69) is 0 Å². The molecule has 1 N–H and O–H groups in total. The quantitative estimate of drug-likeness (QED) is 0.644. The Morgan fingerprint density at radius 2 is 1.84 bits per heavy atom. The molecule has 162 valence electrons. The number of aryl methyl sites for hydroxylation is 3. The number of benzene rings is 1. The van der Waals surface area contributed by atoms with E-state index >= 15 is 0 Å². The zero-order valence-corrected chi connectivity index (χ0v) is 17.5. The van der Waals surface area contributed by atoms with E-state index in [-0.39, 0.29) is 12.3 Å². The molecule has 3 heterocycles. The monoisotopic (exact) mass is 423 g/mol. The van der Waals surface area contributed by atoms with Crippen LogP contribution in [0.15, 0.2) is 25.8 Å². The molecule has 0 bridgehead atoms. The van der Waals surface area contributed by atoms with E-state index in [9.17, 15) is 19.5 Å². The summed E-state index contributed by atoms with van der Waals surface area (Å²) in [5.41, 5.74) is 2.84. The Morgan fingerprint density at radius 3 is 2.65 bits per heavy atom. The van der Waals surface area contributed by atoms with Crippen LogP contribution >= 0.6 is 0 Å². The minimum Gasteiger partial charge on any atom is -0.480 e. The van der Waals surface area contributed by atoms with Crippen molar-refractivity contribution in [1.82, 2.24) is 4.90 Å². The highest BCUT2D eigenvalue weighted by molar-refractivity contribution is 5.97. The Bertz CT molecular complexity index is 1270. The number of aliphatic carboxylic acids is 1. The first-order chi connectivity index (χ1) is 14.9. The maximum absolute atomic E-state index is 13.0. The minimum atomic E-state index is -0.998. The molecule has 0 spiro atoms. The number of carbonyl (C=O) groups excluding carboxylic acids is 1. The lowest BCUT2D eigenvalue weighted by molar-refractivity contribution is -0.151. The molecule has 1 aliphatic carbocycles. The van der Waals surface area contributed by atoms with Crippen LogP contribution < -0.4 is 5.63 Å². The van der Waals surface area contributed by atoms with Crippen LogP contribution in [-0.4, -0.2) is 34.5 Å². The summed E-state index contributed by atoms with van der Waals surface area (Å²) in [7, 11) is 0. The van der Waals surface area contributed by atoms with Crippen molar-refractivity contribution < 1.29 is 23.5 Å². The summed E-state index contributed by atoms with van der Waals surface area (Å²) in [5.74, 6) is -0.331. The Balaban J connectivity index is 1.55. The number of carboxylic acids is 1. The molecule has 2 aliphatic rings. The summed E-state index contributed by atoms with van der Waals surface area (Å²) in [4.78, 5) is 38.6. The minimum absolute atomic E-state index is 0.157. The molecule has 1 unspecified atom stereocenters. The van der Waals surface area contributed by atoms with Gasteiger partial charge in [0.1, 0.15) is 23.0 Å². The molecule has 1 fully saturated rings. The van der Waals surface area contributed by atoms with Gasteiger partial charge in [0.15, 0.2) is 0 Å². The molecule has 31 heavy (non-hydrogen) atoms. The number of furan rings is 1. The second-order valence-corrected chi connectivity index (χ2v) is 8.66. The van der Waals surface area contributed by atoms with Gasteiger partial charge in [0.05, 0.1) is 12.0 Å². The van der Waals surface area contributed by atoms with E-state index in [0.29, 0.717) is 29.7 Å². The number of fused-ring (bicyclic) bond motifs is 4. The summed E-state index contributed by atoms with van der Waals surface area (Å²) in [6, 6.07) is 2.95. The lowest BCUT2D eigenvalue weighted by Gasteiger charge is -2.33. The van der Waals surface area contributed by atoms with Gasteiger partial charge in [-0.25, -0.2) is 9.59 Å². The number of nitrogens with zero attached hydrogens (tertiary/aromatic N) is 1. The van der Waals surface area contributed by atoms with Gasteiger partial charge < -0.3 is 18.8 Å². The van der Waals surface area contributed by atoms with Gasteiger partial charge in [0, 0.05) is 35.4 Å².